The van der Waals surface area contributed by atoms with E-state index in [1.54, 1.807) is 32.4 Å². The summed E-state index contributed by atoms with van der Waals surface area (Å²) in [5.74, 6) is 6.03. The molecule has 0 heterocycles. The molecule has 82 valence electrons. The van der Waals surface area contributed by atoms with Gasteiger partial charge < -0.3 is 9.47 Å². The molecule has 0 atom stereocenters. The monoisotopic (exact) mass is 210 g/mol. The molecule has 0 saturated heterocycles. The van der Waals surface area contributed by atoms with Crippen LogP contribution >= 0.6 is 0 Å². The third-order valence-electron chi connectivity index (χ3n) is 2.01. The molecule has 0 aromatic heterocycles. The lowest BCUT2D eigenvalue weighted by Crippen LogP contribution is -2.31. The molecule has 1 aromatic carbocycles. The second-order valence-corrected chi connectivity index (χ2v) is 2.92. The Kier molecular flexibility index (Phi) is 3.93. The second kappa shape index (κ2) is 5.21. The third-order valence-corrected chi connectivity index (χ3v) is 2.01. The van der Waals surface area contributed by atoms with Crippen LogP contribution in [0.5, 0.6) is 11.5 Å². The van der Waals surface area contributed by atoms with E-state index >= 15 is 0 Å². The second-order valence-electron chi connectivity index (χ2n) is 2.92. The Labute approximate surface area is 88.1 Å². The van der Waals surface area contributed by atoms with Crippen molar-refractivity contribution in [3.63, 3.8) is 0 Å². The number of nitrogens with one attached hydrogen (secondary N) is 1. The number of ether oxygens (including phenoxy) is 2. The summed E-state index contributed by atoms with van der Waals surface area (Å²) in [6.45, 7) is 0. The van der Waals surface area contributed by atoms with Crippen molar-refractivity contribution in [1.29, 1.82) is 0 Å². The molecule has 0 bridgehead atoms. The quantitative estimate of drug-likeness (QED) is 0.424. The summed E-state index contributed by atoms with van der Waals surface area (Å²) in [6.07, 6.45) is 0.184. The highest BCUT2D eigenvalue weighted by atomic mass is 16.5. The number of hydrogen-bond donors (Lipinski definition) is 2. The zero-order chi connectivity index (χ0) is 11.3. The summed E-state index contributed by atoms with van der Waals surface area (Å²) in [7, 11) is 3.11. The summed E-state index contributed by atoms with van der Waals surface area (Å²) in [6, 6.07) is 5.26. The molecule has 0 radical (unpaired) electrons. The van der Waals surface area contributed by atoms with Crippen molar-refractivity contribution >= 4 is 5.91 Å². The summed E-state index contributed by atoms with van der Waals surface area (Å²) in [5.41, 5.74) is 2.83. The number of carbonyl (C=O) groups is 1. The van der Waals surface area contributed by atoms with Crippen LogP contribution in [0, 0.1) is 0 Å². The first-order chi connectivity index (χ1) is 7.21. The first kappa shape index (κ1) is 11.3. The van der Waals surface area contributed by atoms with Gasteiger partial charge in [-0.05, 0) is 6.07 Å². The first-order valence-corrected chi connectivity index (χ1v) is 4.41. The Morgan fingerprint density at radius 2 is 2.13 bits per heavy atom. The maximum absolute atomic E-state index is 11.1. The molecule has 5 nitrogen and oxygen atoms in total. The van der Waals surface area contributed by atoms with Gasteiger partial charge in [-0.2, -0.15) is 0 Å². The number of rotatable bonds is 4. The Bertz CT molecular complexity index is 353. The number of nitrogens with two attached hydrogens (primary N) is 1. The van der Waals surface area contributed by atoms with Crippen molar-refractivity contribution < 1.29 is 14.3 Å². The highest BCUT2D eigenvalue weighted by Gasteiger charge is 2.08. The lowest BCUT2D eigenvalue weighted by atomic mass is 10.1. The van der Waals surface area contributed by atoms with E-state index in [2.05, 4.69) is 5.43 Å². The minimum absolute atomic E-state index is 0.184. The van der Waals surface area contributed by atoms with Crippen LogP contribution in [0.1, 0.15) is 5.56 Å². The molecule has 1 rings (SSSR count). The van der Waals surface area contributed by atoms with E-state index in [1.807, 2.05) is 0 Å². The van der Waals surface area contributed by atoms with E-state index in [0.29, 0.717) is 11.5 Å². The van der Waals surface area contributed by atoms with Crippen molar-refractivity contribution in [3.05, 3.63) is 23.8 Å². The number of benzene rings is 1. The van der Waals surface area contributed by atoms with Gasteiger partial charge in [-0.15, -0.1) is 0 Å². The van der Waals surface area contributed by atoms with Crippen LogP contribution in [-0.4, -0.2) is 20.1 Å². The summed E-state index contributed by atoms with van der Waals surface area (Å²) < 4.78 is 10.2. The predicted octanol–water partition coefficient (Wildman–Crippen LogP) is 0.236. The molecule has 3 N–H and O–H groups in total. The van der Waals surface area contributed by atoms with E-state index < -0.39 is 0 Å². The summed E-state index contributed by atoms with van der Waals surface area (Å²) in [5, 5.41) is 0. The molecular weight excluding hydrogens is 196 g/mol. The van der Waals surface area contributed by atoms with Crippen LogP contribution in [0.25, 0.3) is 0 Å². The van der Waals surface area contributed by atoms with Crippen molar-refractivity contribution in [3.8, 4) is 11.5 Å². The van der Waals surface area contributed by atoms with Crippen LogP contribution in [0.4, 0.5) is 0 Å². The van der Waals surface area contributed by atoms with E-state index in [1.165, 1.54) is 0 Å². The molecule has 5 heteroatoms. The minimum atomic E-state index is -0.265. The Balaban J connectivity index is 2.92. The van der Waals surface area contributed by atoms with Gasteiger partial charge in [-0.3, -0.25) is 10.2 Å². The number of hydrogen-bond acceptors (Lipinski definition) is 4. The van der Waals surface area contributed by atoms with Gasteiger partial charge in [0.25, 0.3) is 0 Å². The smallest absolute Gasteiger partial charge is 0.238 e. The largest absolute Gasteiger partial charge is 0.497 e. The average Bonchev–Trinajstić information content (AvgIpc) is 2.29. The fourth-order valence-electron chi connectivity index (χ4n) is 1.22. The lowest BCUT2D eigenvalue weighted by Gasteiger charge is -2.09. The van der Waals surface area contributed by atoms with Crippen LogP contribution in [-0.2, 0) is 11.2 Å². The molecule has 0 saturated carbocycles. The van der Waals surface area contributed by atoms with Gasteiger partial charge in [0.1, 0.15) is 11.5 Å². The van der Waals surface area contributed by atoms with Gasteiger partial charge in [0.15, 0.2) is 0 Å². The predicted molar refractivity (Wildman–Crippen MR) is 55.6 cm³/mol. The van der Waals surface area contributed by atoms with Crippen molar-refractivity contribution in [1.82, 2.24) is 5.43 Å². The Morgan fingerprint density at radius 1 is 1.40 bits per heavy atom. The molecule has 0 unspecified atom stereocenters. The van der Waals surface area contributed by atoms with Crippen LogP contribution in [0.2, 0.25) is 0 Å². The highest BCUT2D eigenvalue weighted by Crippen LogP contribution is 2.24. The lowest BCUT2D eigenvalue weighted by molar-refractivity contribution is -0.120. The Morgan fingerprint density at radius 3 is 2.67 bits per heavy atom. The van der Waals surface area contributed by atoms with E-state index in [9.17, 15) is 4.79 Å². The highest BCUT2D eigenvalue weighted by molar-refractivity contribution is 5.78. The van der Waals surface area contributed by atoms with Crippen LogP contribution < -0.4 is 20.7 Å². The van der Waals surface area contributed by atoms with Crippen LogP contribution in [0.15, 0.2) is 18.2 Å². The van der Waals surface area contributed by atoms with Gasteiger partial charge in [-0.25, -0.2) is 5.84 Å². The van der Waals surface area contributed by atoms with Gasteiger partial charge in [0.05, 0.1) is 20.6 Å². The topological polar surface area (TPSA) is 73.6 Å². The molecule has 0 spiro atoms. The van der Waals surface area contributed by atoms with E-state index in [-0.39, 0.29) is 12.3 Å². The summed E-state index contributed by atoms with van der Waals surface area (Å²) in [4.78, 5) is 11.1. The molecule has 15 heavy (non-hydrogen) atoms. The number of amides is 1. The van der Waals surface area contributed by atoms with Gasteiger partial charge in [0.2, 0.25) is 5.91 Å². The van der Waals surface area contributed by atoms with Crippen molar-refractivity contribution in [2.75, 3.05) is 14.2 Å². The minimum Gasteiger partial charge on any atom is -0.497 e. The normalized spacial score (nSPS) is 9.53. The maximum Gasteiger partial charge on any atom is 0.238 e. The Hall–Kier alpha value is -1.75. The van der Waals surface area contributed by atoms with Crippen molar-refractivity contribution in [2.45, 2.75) is 6.42 Å². The van der Waals surface area contributed by atoms with Crippen molar-refractivity contribution in [2.24, 2.45) is 5.84 Å². The maximum atomic E-state index is 11.1. The standard InChI is InChI=1S/C10H14N2O3/c1-14-8-4-3-7(5-10(13)12-11)9(6-8)15-2/h3-4,6H,5,11H2,1-2H3,(H,12,13). The molecule has 0 aliphatic heterocycles. The zero-order valence-electron chi connectivity index (χ0n) is 8.74. The zero-order valence-corrected chi connectivity index (χ0v) is 8.74. The van der Waals surface area contributed by atoms with Crippen LogP contribution in [0.3, 0.4) is 0 Å². The van der Waals surface area contributed by atoms with E-state index in [0.717, 1.165) is 5.56 Å². The third kappa shape index (κ3) is 2.85. The molecular formula is C10H14N2O3. The SMILES string of the molecule is COc1ccc(CC(=O)NN)c(OC)c1. The molecule has 0 fully saturated rings. The van der Waals surface area contributed by atoms with Gasteiger partial charge in [0, 0.05) is 11.6 Å². The number of carbonyl (C=O) groups excluding carboxylic acids is 1. The summed E-state index contributed by atoms with van der Waals surface area (Å²) >= 11 is 0. The van der Waals surface area contributed by atoms with E-state index in [4.69, 9.17) is 15.3 Å². The fraction of sp³-hybridized carbons (Fsp3) is 0.300. The molecule has 0 aliphatic rings. The van der Waals surface area contributed by atoms with Gasteiger partial charge >= 0.3 is 0 Å². The first-order valence-electron chi connectivity index (χ1n) is 4.41. The number of methoxy groups -OCH3 is 2. The molecule has 1 amide bonds. The van der Waals surface area contributed by atoms with Gasteiger partial charge in [-0.1, -0.05) is 6.07 Å². The molecule has 1 aromatic rings. The molecule has 0 aliphatic carbocycles. The fourth-order valence-corrected chi connectivity index (χ4v) is 1.22. The number of hydrazine groups is 1. The average molecular weight is 210 g/mol.